The molecular weight excluding hydrogens is 274 g/mol. The van der Waals surface area contributed by atoms with Crippen molar-refractivity contribution >= 4 is 11.6 Å². The van der Waals surface area contributed by atoms with Gasteiger partial charge in [-0.15, -0.1) is 0 Å². The third-order valence-corrected chi connectivity index (χ3v) is 3.55. The molecule has 0 unspecified atom stereocenters. The number of hydrogen-bond acceptors (Lipinski definition) is 5. The van der Waals surface area contributed by atoms with Gasteiger partial charge in [0.1, 0.15) is 5.75 Å². The lowest BCUT2D eigenvalue weighted by molar-refractivity contribution is -0.384. The lowest BCUT2D eigenvalue weighted by atomic mass is 10.1. The van der Waals surface area contributed by atoms with E-state index >= 15 is 0 Å². The molecule has 1 aliphatic heterocycles. The average Bonchev–Trinajstić information content (AvgIpc) is 2.43. The van der Waals surface area contributed by atoms with Crippen LogP contribution in [0.15, 0.2) is 18.2 Å². The van der Waals surface area contributed by atoms with Crippen LogP contribution in [0.5, 0.6) is 5.75 Å². The van der Waals surface area contributed by atoms with E-state index in [4.69, 9.17) is 4.74 Å². The van der Waals surface area contributed by atoms with Gasteiger partial charge in [0.25, 0.3) is 11.6 Å². The molecule has 21 heavy (non-hydrogen) atoms. The zero-order valence-electron chi connectivity index (χ0n) is 12.2. The van der Waals surface area contributed by atoms with Crippen LogP contribution in [0.3, 0.4) is 0 Å². The van der Waals surface area contributed by atoms with Crippen molar-refractivity contribution in [2.45, 2.75) is 19.4 Å². The van der Waals surface area contributed by atoms with E-state index in [1.54, 1.807) is 4.90 Å². The number of rotatable bonds is 6. The molecule has 0 bridgehead atoms. The zero-order chi connectivity index (χ0) is 15.4. The summed E-state index contributed by atoms with van der Waals surface area (Å²) in [6.45, 7) is 4.23. The summed E-state index contributed by atoms with van der Waals surface area (Å²) in [5.41, 5.74) is 0.277. The minimum Gasteiger partial charge on any atom is -0.496 e. The van der Waals surface area contributed by atoms with Gasteiger partial charge < -0.3 is 15.0 Å². The van der Waals surface area contributed by atoms with Gasteiger partial charge in [0.15, 0.2) is 0 Å². The van der Waals surface area contributed by atoms with Gasteiger partial charge in [0.2, 0.25) is 0 Å². The van der Waals surface area contributed by atoms with Gasteiger partial charge in [0, 0.05) is 25.7 Å². The first-order valence-electron chi connectivity index (χ1n) is 6.92. The summed E-state index contributed by atoms with van der Waals surface area (Å²) >= 11 is 0. The Hall–Kier alpha value is -2.15. The summed E-state index contributed by atoms with van der Waals surface area (Å²) in [5.74, 6) is 0.0951. The molecule has 1 aliphatic rings. The van der Waals surface area contributed by atoms with Crippen LogP contribution < -0.4 is 10.1 Å². The Labute approximate surface area is 123 Å². The third-order valence-electron chi connectivity index (χ3n) is 3.55. The minimum atomic E-state index is -0.504. The fourth-order valence-electron chi connectivity index (χ4n) is 2.31. The number of nitro benzene ring substituents is 1. The lowest BCUT2D eigenvalue weighted by Gasteiger charge is -2.38. The predicted molar refractivity (Wildman–Crippen MR) is 77.6 cm³/mol. The Morgan fingerprint density at radius 1 is 1.52 bits per heavy atom. The summed E-state index contributed by atoms with van der Waals surface area (Å²) in [7, 11) is 1.41. The highest BCUT2D eigenvalue weighted by Gasteiger charge is 2.30. The van der Waals surface area contributed by atoms with E-state index in [9.17, 15) is 14.9 Å². The molecule has 0 aromatic heterocycles. The molecule has 1 N–H and O–H groups in total. The van der Waals surface area contributed by atoms with Crippen molar-refractivity contribution in [2.24, 2.45) is 0 Å². The maximum atomic E-state index is 12.7. The Morgan fingerprint density at radius 2 is 2.24 bits per heavy atom. The van der Waals surface area contributed by atoms with Crippen molar-refractivity contribution in [1.82, 2.24) is 10.2 Å². The second-order valence-electron chi connectivity index (χ2n) is 4.95. The van der Waals surface area contributed by atoms with Gasteiger partial charge in [-0.2, -0.15) is 0 Å². The van der Waals surface area contributed by atoms with Gasteiger partial charge in [0.05, 0.1) is 29.7 Å². The first-order valence-corrected chi connectivity index (χ1v) is 6.92. The monoisotopic (exact) mass is 293 g/mol. The van der Waals surface area contributed by atoms with E-state index in [1.807, 2.05) is 6.92 Å². The Kier molecular flexibility index (Phi) is 4.74. The SMILES string of the molecule is CCCN(C(=O)c1ccc([N+](=O)[O-])cc1OC)C1CNC1. The van der Waals surface area contributed by atoms with E-state index in [2.05, 4.69) is 5.32 Å². The van der Waals surface area contributed by atoms with Crippen molar-refractivity contribution < 1.29 is 14.5 Å². The molecule has 0 spiro atoms. The summed E-state index contributed by atoms with van der Waals surface area (Å²) in [6.07, 6.45) is 0.859. The number of nitrogens with zero attached hydrogens (tertiary/aromatic N) is 2. The fraction of sp³-hybridized carbons (Fsp3) is 0.500. The molecule has 114 valence electrons. The standard InChI is InChI=1S/C14H19N3O4/c1-3-6-16(11-8-15-9-11)14(18)12-5-4-10(17(19)20)7-13(12)21-2/h4-5,7,11,15H,3,6,8-9H2,1-2H3. The second-order valence-corrected chi connectivity index (χ2v) is 4.95. The molecule has 1 saturated heterocycles. The third kappa shape index (κ3) is 3.13. The van der Waals surface area contributed by atoms with Crippen LogP contribution in [0.2, 0.25) is 0 Å². The molecular formula is C14H19N3O4. The van der Waals surface area contributed by atoms with Crippen molar-refractivity contribution in [3.63, 3.8) is 0 Å². The summed E-state index contributed by atoms with van der Waals surface area (Å²) < 4.78 is 5.15. The minimum absolute atomic E-state index is 0.0873. The number of carbonyl (C=O) groups is 1. The van der Waals surface area contributed by atoms with Crippen LogP contribution in [-0.4, -0.2) is 48.5 Å². The fourth-order valence-corrected chi connectivity index (χ4v) is 2.31. The number of nitrogens with one attached hydrogen (secondary N) is 1. The maximum absolute atomic E-state index is 12.7. The zero-order valence-corrected chi connectivity index (χ0v) is 12.2. The van der Waals surface area contributed by atoms with Crippen molar-refractivity contribution in [1.29, 1.82) is 0 Å². The van der Waals surface area contributed by atoms with Crippen molar-refractivity contribution in [3.8, 4) is 5.75 Å². The van der Waals surface area contributed by atoms with Gasteiger partial charge in [-0.05, 0) is 12.5 Å². The Morgan fingerprint density at radius 3 is 2.71 bits per heavy atom. The van der Waals surface area contributed by atoms with Crippen LogP contribution >= 0.6 is 0 Å². The molecule has 1 heterocycles. The number of ether oxygens (including phenoxy) is 1. The number of non-ortho nitro benzene ring substituents is 1. The highest BCUT2D eigenvalue weighted by molar-refractivity contribution is 5.97. The molecule has 7 nitrogen and oxygen atoms in total. The van der Waals surface area contributed by atoms with E-state index in [0.717, 1.165) is 19.5 Å². The van der Waals surface area contributed by atoms with Crippen LogP contribution in [0.1, 0.15) is 23.7 Å². The number of hydrogen-bond donors (Lipinski definition) is 1. The quantitative estimate of drug-likeness (QED) is 0.633. The molecule has 1 fully saturated rings. The van der Waals surface area contributed by atoms with E-state index in [1.165, 1.54) is 25.3 Å². The number of amides is 1. The van der Waals surface area contributed by atoms with Gasteiger partial charge in [-0.3, -0.25) is 14.9 Å². The maximum Gasteiger partial charge on any atom is 0.273 e. The molecule has 0 aliphatic carbocycles. The predicted octanol–water partition coefficient (Wildman–Crippen LogP) is 1.43. The van der Waals surface area contributed by atoms with Gasteiger partial charge in [-0.25, -0.2) is 0 Å². The molecule has 0 atom stereocenters. The van der Waals surface area contributed by atoms with Crippen molar-refractivity contribution in [3.05, 3.63) is 33.9 Å². The number of methoxy groups -OCH3 is 1. The molecule has 0 radical (unpaired) electrons. The molecule has 7 heteroatoms. The summed E-state index contributed by atoms with van der Waals surface area (Å²) in [4.78, 5) is 24.8. The first-order chi connectivity index (χ1) is 10.1. The Balaban J connectivity index is 2.29. The number of carbonyl (C=O) groups excluding carboxylic acids is 1. The topological polar surface area (TPSA) is 84.7 Å². The highest BCUT2D eigenvalue weighted by Crippen LogP contribution is 2.26. The van der Waals surface area contributed by atoms with E-state index in [-0.39, 0.29) is 23.4 Å². The highest BCUT2D eigenvalue weighted by atomic mass is 16.6. The largest absolute Gasteiger partial charge is 0.496 e. The van der Waals surface area contributed by atoms with Gasteiger partial charge in [-0.1, -0.05) is 6.92 Å². The molecule has 2 rings (SSSR count). The Bertz CT molecular complexity index is 543. The average molecular weight is 293 g/mol. The molecule has 1 aromatic rings. The second kappa shape index (κ2) is 6.53. The number of benzene rings is 1. The van der Waals surface area contributed by atoms with Crippen LogP contribution in [0.25, 0.3) is 0 Å². The summed E-state index contributed by atoms with van der Waals surface area (Å²) in [5, 5.41) is 13.9. The summed E-state index contributed by atoms with van der Waals surface area (Å²) in [6, 6.07) is 4.26. The normalized spacial score (nSPS) is 14.4. The molecule has 1 aromatic carbocycles. The smallest absolute Gasteiger partial charge is 0.273 e. The van der Waals surface area contributed by atoms with Crippen molar-refractivity contribution in [2.75, 3.05) is 26.7 Å². The van der Waals surface area contributed by atoms with Crippen LogP contribution in [-0.2, 0) is 0 Å². The number of nitro groups is 1. The molecule has 1 amide bonds. The first kappa shape index (κ1) is 15.2. The van der Waals surface area contributed by atoms with E-state index < -0.39 is 4.92 Å². The van der Waals surface area contributed by atoms with E-state index in [0.29, 0.717) is 12.1 Å². The van der Waals surface area contributed by atoms with Crippen LogP contribution in [0.4, 0.5) is 5.69 Å². The lowest BCUT2D eigenvalue weighted by Crippen LogP contribution is -2.59. The van der Waals surface area contributed by atoms with Gasteiger partial charge >= 0.3 is 0 Å². The van der Waals surface area contributed by atoms with Crippen LogP contribution in [0, 0.1) is 10.1 Å². The molecule has 0 saturated carbocycles.